The van der Waals surface area contributed by atoms with E-state index < -0.39 is 24.3 Å². The van der Waals surface area contributed by atoms with Gasteiger partial charge in [0, 0.05) is 50.4 Å². The number of halogens is 3. The predicted molar refractivity (Wildman–Crippen MR) is 131 cm³/mol. The van der Waals surface area contributed by atoms with Gasteiger partial charge in [0.25, 0.3) is 11.5 Å². The molecule has 0 radical (unpaired) electrons. The summed E-state index contributed by atoms with van der Waals surface area (Å²) in [5.74, 6) is -1.62. The van der Waals surface area contributed by atoms with Crippen molar-refractivity contribution in [2.45, 2.75) is 31.2 Å². The fraction of sp³-hybridized carbons (Fsp3) is 0.423. The van der Waals surface area contributed by atoms with Gasteiger partial charge in [-0.3, -0.25) is 14.5 Å². The minimum atomic E-state index is -0.714. The molecule has 2 aromatic heterocycles. The first-order valence-electron chi connectivity index (χ1n) is 12.3. The fourth-order valence-corrected chi connectivity index (χ4v) is 5.46. The second-order valence-electron chi connectivity index (χ2n) is 9.40. The first-order chi connectivity index (χ1) is 17.4. The van der Waals surface area contributed by atoms with E-state index in [0.717, 1.165) is 38.0 Å². The van der Waals surface area contributed by atoms with E-state index in [4.69, 9.17) is 0 Å². The molecule has 7 nitrogen and oxygen atoms in total. The fourth-order valence-electron chi connectivity index (χ4n) is 5.46. The summed E-state index contributed by atoms with van der Waals surface area (Å²) >= 11 is 0. The normalized spacial score (nSPS) is 20.7. The van der Waals surface area contributed by atoms with Crippen molar-refractivity contribution in [3.8, 4) is 0 Å². The summed E-state index contributed by atoms with van der Waals surface area (Å²) in [4.78, 5) is 35.4. The Labute approximate surface area is 206 Å². The molecule has 3 heterocycles. The summed E-state index contributed by atoms with van der Waals surface area (Å²) in [7, 11) is 0. The Bertz CT molecular complexity index is 1320. The molecule has 2 aliphatic rings. The standard InChI is InChI=1S/C26H28F3N5O2/c27-8-9-30-25(35)20-6-7-22(24(29)31-20)34-12-10-33(11-13-34)18-5-4-16(14-18)21-15-17-2-1-3-19(28)23(17)26(36)32-21/h1-3,6-7,15-16,18H,4-5,8-14H2,(H,30,35)(H,32,36)/t16?,18-/m1/s1. The van der Waals surface area contributed by atoms with Crippen molar-refractivity contribution < 1.29 is 18.0 Å². The maximum atomic E-state index is 14.6. The number of rotatable bonds is 6. The zero-order valence-electron chi connectivity index (χ0n) is 19.8. The van der Waals surface area contributed by atoms with E-state index in [0.29, 0.717) is 30.2 Å². The first-order valence-corrected chi connectivity index (χ1v) is 12.3. The van der Waals surface area contributed by atoms with Gasteiger partial charge in [-0.1, -0.05) is 12.1 Å². The Kier molecular flexibility index (Phi) is 6.95. The monoisotopic (exact) mass is 499 g/mol. The molecule has 0 spiro atoms. The number of benzene rings is 1. The van der Waals surface area contributed by atoms with Crippen molar-refractivity contribution in [3.63, 3.8) is 0 Å². The van der Waals surface area contributed by atoms with E-state index in [2.05, 4.69) is 20.2 Å². The van der Waals surface area contributed by atoms with Crippen LogP contribution in [0.5, 0.6) is 0 Å². The van der Waals surface area contributed by atoms with Gasteiger partial charge in [-0.15, -0.1) is 0 Å². The highest BCUT2D eigenvalue weighted by Crippen LogP contribution is 2.37. The van der Waals surface area contributed by atoms with Crippen molar-refractivity contribution in [2.75, 3.05) is 44.3 Å². The third-order valence-corrected chi connectivity index (χ3v) is 7.30. The molecule has 1 saturated carbocycles. The van der Waals surface area contributed by atoms with E-state index in [1.807, 2.05) is 11.0 Å². The van der Waals surface area contributed by atoms with Crippen LogP contribution in [0.3, 0.4) is 0 Å². The third kappa shape index (κ3) is 4.82. The molecular formula is C26H28F3N5O2. The molecule has 5 rings (SSSR count). The highest BCUT2D eigenvalue weighted by atomic mass is 19.1. The number of H-pyrrole nitrogens is 1. The van der Waals surface area contributed by atoms with Crippen LogP contribution in [0.25, 0.3) is 10.8 Å². The molecule has 36 heavy (non-hydrogen) atoms. The number of aromatic nitrogens is 2. The Hall–Kier alpha value is -3.40. The molecule has 0 bridgehead atoms. The Balaban J connectivity index is 1.20. The number of alkyl halides is 1. The number of anilines is 1. The third-order valence-electron chi connectivity index (χ3n) is 7.30. The quantitative estimate of drug-likeness (QED) is 0.509. The van der Waals surface area contributed by atoms with Crippen molar-refractivity contribution in [1.29, 1.82) is 0 Å². The zero-order chi connectivity index (χ0) is 25.2. The van der Waals surface area contributed by atoms with Gasteiger partial charge in [-0.05, 0) is 48.9 Å². The highest BCUT2D eigenvalue weighted by molar-refractivity contribution is 5.92. The second-order valence-corrected chi connectivity index (χ2v) is 9.40. The van der Waals surface area contributed by atoms with Crippen LogP contribution in [0.1, 0.15) is 41.4 Å². The summed E-state index contributed by atoms with van der Waals surface area (Å²) in [6, 6.07) is 9.93. The number of fused-ring (bicyclic) bond motifs is 1. The largest absolute Gasteiger partial charge is 0.365 e. The molecule has 1 amide bonds. The molecular weight excluding hydrogens is 471 g/mol. The number of nitrogens with zero attached hydrogens (tertiary/aromatic N) is 3. The average molecular weight is 500 g/mol. The molecule has 2 fully saturated rings. The van der Waals surface area contributed by atoms with Crippen LogP contribution < -0.4 is 15.8 Å². The van der Waals surface area contributed by atoms with Crippen LogP contribution in [0.2, 0.25) is 0 Å². The molecule has 3 aromatic rings. The number of carbonyl (C=O) groups excluding carboxylic acids is 1. The number of hydrogen-bond acceptors (Lipinski definition) is 5. The first kappa shape index (κ1) is 24.3. The van der Waals surface area contributed by atoms with E-state index in [9.17, 15) is 22.8 Å². The molecule has 190 valence electrons. The van der Waals surface area contributed by atoms with Gasteiger partial charge in [0.15, 0.2) is 0 Å². The predicted octanol–water partition coefficient (Wildman–Crippen LogP) is 3.36. The van der Waals surface area contributed by atoms with Crippen molar-refractivity contribution in [3.05, 3.63) is 69.9 Å². The van der Waals surface area contributed by atoms with Gasteiger partial charge in [-0.25, -0.2) is 13.8 Å². The molecule has 10 heteroatoms. The number of amides is 1. The van der Waals surface area contributed by atoms with Gasteiger partial charge in [0.05, 0.1) is 11.1 Å². The summed E-state index contributed by atoms with van der Waals surface area (Å²) < 4.78 is 40.9. The van der Waals surface area contributed by atoms with Crippen LogP contribution in [0.4, 0.5) is 18.9 Å². The van der Waals surface area contributed by atoms with E-state index in [1.165, 1.54) is 12.1 Å². The molecule has 1 unspecified atom stereocenters. The van der Waals surface area contributed by atoms with Crippen LogP contribution in [0, 0.1) is 11.8 Å². The lowest BCUT2D eigenvalue weighted by atomic mass is 10.00. The van der Waals surface area contributed by atoms with Crippen LogP contribution in [0.15, 0.2) is 41.2 Å². The lowest BCUT2D eigenvalue weighted by molar-refractivity contribution is 0.0944. The topological polar surface area (TPSA) is 81.3 Å². The Morgan fingerprint density at radius 2 is 1.92 bits per heavy atom. The van der Waals surface area contributed by atoms with Gasteiger partial charge in [0.2, 0.25) is 5.95 Å². The smallest absolute Gasteiger partial charge is 0.270 e. The molecule has 1 aliphatic heterocycles. The summed E-state index contributed by atoms with van der Waals surface area (Å²) in [5.41, 5.74) is 0.735. The van der Waals surface area contributed by atoms with E-state index >= 15 is 0 Å². The van der Waals surface area contributed by atoms with E-state index in [1.54, 1.807) is 18.2 Å². The van der Waals surface area contributed by atoms with Crippen molar-refractivity contribution >= 4 is 22.4 Å². The molecule has 1 aliphatic carbocycles. The summed E-state index contributed by atoms with van der Waals surface area (Å²) in [6.45, 7) is 1.93. The van der Waals surface area contributed by atoms with Crippen LogP contribution >= 0.6 is 0 Å². The van der Waals surface area contributed by atoms with Gasteiger partial charge >= 0.3 is 0 Å². The minimum absolute atomic E-state index is 0.0743. The number of pyridine rings is 2. The van der Waals surface area contributed by atoms with Crippen LogP contribution in [-0.4, -0.2) is 66.2 Å². The number of hydrogen-bond donors (Lipinski definition) is 2. The van der Waals surface area contributed by atoms with Gasteiger partial charge in [0.1, 0.15) is 18.2 Å². The zero-order valence-corrected chi connectivity index (χ0v) is 19.8. The van der Waals surface area contributed by atoms with Crippen LogP contribution in [-0.2, 0) is 0 Å². The number of piperazine rings is 1. The lowest BCUT2D eigenvalue weighted by Crippen LogP contribution is -2.50. The highest BCUT2D eigenvalue weighted by Gasteiger charge is 2.33. The van der Waals surface area contributed by atoms with Crippen molar-refractivity contribution in [2.24, 2.45) is 0 Å². The average Bonchev–Trinajstić information content (AvgIpc) is 3.38. The molecule has 2 atom stereocenters. The lowest BCUT2D eigenvalue weighted by Gasteiger charge is -2.39. The minimum Gasteiger partial charge on any atom is -0.365 e. The van der Waals surface area contributed by atoms with Gasteiger partial charge < -0.3 is 15.2 Å². The Morgan fingerprint density at radius 1 is 1.11 bits per heavy atom. The SMILES string of the molecule is O=C(NCCF)c1ccc(N2CCN([C@@H]3CCC(c4cc5cccc(F)c5c(=O)[nH]4)C3)CC2)c(F)n1. The van der Waals surface area contributed by atoms with E-state index in [-0.39, 0.29) is 29.1 Å². The van der Waals surface area contributed by atoms with Crippen molar-refractivity contribution in [1.82, 2.24) is 20.2 Å². The molecule has 1 saturated heterocycles. The Morgan fingerprint density at radius 3 is 2.67 bits per heavy atom. The molecule has 2 N–H and O–H groups in total. The van der Waals surface area contributed by atoms with Gasteiger partial charge in [-0.2, -0.15) is 4.39 Å². The maximum Gasteiger partial charge on any atom is 0.270 e. The maximum absolute atomic E-state index is 14.6. The summed E-state index contributed by atoms with van der Waals surface area (Å²) in [5, 5.41) is 3.06. The molecule has 1 aromatic carbocycles. The second kappa shape index (κ2) is 10.3. The summed E-state index contributed by atoms with van der Waals surface area (Å²) in [6.07, 6.45) is 2.83. The number of aromatic amines is 1. The number of carbonyl (C=O) groups is 1. The number of nitrogens with one attached hydrogen (secondary N) is 2.